The Morgan fingerprint density at radius 3 is 2.86 bits per heavy atom. The summed E-state index contributed by atoms with van der Waals surface area (Å²) in [5.41, 5.74) is 0.747. The van der Waals surface area contributed by atoms with Crippen molar-refractivity contribution in [1.29, 1.82) is 0 Å². The van der Waals surface area contributed by atoms with E-state index in [1.807, 2.05) is 35.7 Å². The first-order valence-electron chi connectivity index (χ1n) is 7.18. The third-order valence-corrected chi connectivity index (χ3v) is 4.45. The number of carbonyl (C=O) groups is 1. The molecule has 0 aliphatic heterocycles. The van der Waals surface area contributed by atoms with Gasteiger partial charge in [0.1, 0.15) is 5.75 Å². The van der Waals surface area contributed by atoms with Gasteiger partial charge in [0.25, 0.3) is 0 Å². The Morgan fingerprint density at radius 1 is 1.36 bits per heavy atom. The van der Waals surface area contributed by atoms with Crippen molar-refractivity contribution < 1.29 is 14.6 Å². The monoisotopic (exact) mass is 319 g/mol. The lowest BCUT2D eigenvalue weighted by atomic mass is 10.1. The largest absolute Gasteiger partial charge is 0.497 e. The molecule has 0 saturated carbocycles. The molecule has 2 aromatic rings. The molecule has 0 radical (unpaired) electrons. The molecule has 0 aliphatic rings. The Bertz CT molecular complexity index is 598. The molecule has 1 atom stereocenters. The lowest BCUT2D eigenvalue weighted by molar-refractivity contribution is -0.131. The number of hydrogen-bond donors (Lipinski definition) is 1. The van der Waals surface area contributed by atoms with Gasteiger partial charge in [-0.25, -0.2) is 0 Å². The molecule has 2 rings (SSSR count). The van der Waals surface area contributed by atoms with Crippen molar-refractivity contribution in [1.82, 2.24) is 4.90 Å². The first-order chi connectivity index (χ1) is 10.6. The molecule has 5 heteroatoms. The highest BCUT2D eigenvalue weighted by Crippen LogP contribution is 2.20. The first-order valence-corrected chi connectivity index (χ1v) is 8.06. The van der Waals surface area contributed by atoms with Gasteiger partial charge in [0.15, 0.2) is 0 Å². The highest BCUT2D eigenvalue weighted by Gasteiger charge is 2.15. The van der Waals surface area contributed by atoms with E-state index in [9.17, 15) is 9.90 Å². The van der Waals surface area contributed by atoms with Gasteiger partial charge in [0.2, 0.25) is 5.91 Å². The highest BCUT2D eigenvalue weighted by molar-refractivity contribution is 7.09. The maximum atomic E-state index is 12.1. The fourth-order valence-corrected chi connectivity index (χ4v) is 2.90. The van der Waals surface area contributed by atoms with Crippen LogP contribution in [0.1, 0.15) is 23.0 Å². The number of methoxy groups -OCH3 is 1. The van der Waals surface area contributed by atoms with Crippen molar-refractivity contribution in [2.75, 3.05) is 20.7 Å². The number of benzene rings is 1. The van der Waals surface area contributed by atoms with Crippen molar-refractivity contribution >= 4 is 17.2 Å². The molecule has 1 amide bonds. The number of hydrogen-bond acceptors (Lipinski definition) is 4. The van der Waals surface area contributed by atoms with E-state index in [0.29, 0.717) is 12.2 Å². The average molecular weight is 319 g/mol. The van der Waals surface area contributed by atoms with E-state index in [-0.39, 0.29) is 12.5 Å². The maximum absolute atomic E-state index is 12.1. The number of amides is 1. The minimum atomic E-state index is -0.717. The number of aliphatic hydroxyl groups is 1. The minimum absolute atomic E-state index is 0.0374. The molecule has 1 aromatic carbocycles. The number of nitrogens with zero attached hydrogens (tertiary/aromatic N) is 1. The molecule has 1 N–H and O–H groups in total. The number of ether oxygens (including phenoxy) is 1. The normalized spacial score (nSPS) is 12.0. The van der Waals surface area contributed by atoms with Gasteiger partial charge in [0, 0.05) is 18.3 Å². The molecule has 1 unspecified atom stereocenters. The van der Waals surface area contributed by atoms with Crippen molar-refractivity contribution in [2.24, 2.45) is 0 Å². The van der Waals surface area contributed by atoms with Crippen molar-refractivity contribution in [3.8, 4) is 5.75 Å². The second-order valence-corrected chi connectivity index (χ2v) is 6.18. The smallest absolute Gasteiger partial charge is 0.222 e. The Hall–Kier alpha value is -1.85. The van der Waals surface area contributed by atoms with Gasteiger partial charge in [-0.2, -0.15) is 0 Å². The molecular weight excluding hydrogens is 298 g/mol. The molecule has 0 aliphatic carbocycles. The van der Waals surface area contributed by atoms with Crippen LogP contribution in [0.15, 0.2) is 41.8 Å². The Balaban J connectivity index is 1.86. The zero-order chi connectivity index (χ0) is 15.9. The van der Waals surface area contributed by atoms with Crippen LogP contribution in [0.4, 0.5) is 0 Å². The first kappa shape index (κ1) is 16.5. The number of likely N-dealkylation sites (N-methyl/N-ethyl adjacent to an activating group) is 1. The highest BCUT2D eigenvalue weighted by atomic mass is 32.1. The predicted octanol–water partition coefficient (Wildman–Crippen LogP) is 2.88. The summed E-state index contributed by atoms with van der Waals surface area (Å²) in [6.45, 7) is 0.274. The number of carbonyl (C=O) groups excluding carboxylic acids is 1. The van der Waals surface area contributed by atoms with E-state index >= 15 is 0 Å². The summed E-state index contributed by atoms with van der Waals surface area (Å²) in [5.74, 6) is 0.735. The second kappa shape index (κ2) is 7.96. The zero-order valence-electron chi connectivity index (χ0n) is 12.9. The van der Waals surface area contributed by atoms with Gasteiger partial charge in [-0.3, -0.25) is 4.79 Å². The van der Waals surface area contributed by atoms with Crippen LogP contribution >= 0.6 is 11.3 Å². The lowest BCUT2D eigenvalue weighted by Gasteiger charge is -2.21. The minimum Gasteiger partial charge on any atom is -0.497 e. The van der Waals surface area contributed by atoms with Crippen molar-refractivity contribution in [2.45, 2.75) is 18.9 Å². The predicted molar refractivity (Wildman–Crippen MR) is 88.2 cm³/mol. The van der Waals surface area contributed by atoms with Crippen LogP contribution in [0.2, 0.25) is 0 Å². The van der Waals surface area contributed by atoms with Crippen molar-refractivity contribution in [3.63, 3.8) is 0 Å². The van der Waals surface area contributed by atoms with E-state index in [1.165, 1.54) is 4.88 Å². The summed E-state index contributed by atoms with van der Waals surface area (Å²) in [4.78, 5) is 14.9. The van der Waals surface area contributed by atoms with E-state index in [0.717, 1.165) is 12.0 Å². The molecule has 1 heterocycles. The molecule has 118 valence electrons. The molecular formula is C17H21NO3S. The summed E-state index contributed by atoms with van der Waals surface area (Å²) in [6.07, 6.45) is 0.489. The van der Waals surface area contributed by atoms with Crippen LogP contribution in [0.25, 0.3) is 0 Å². The van der Waals surface area contributed by atoms with Gasteiger partial charge < -0.3 is 14.7 Å². The van der Waals surface area contributed by atoms with Gasteiger partial charge >= 0.3 is 0 Å². The van der Waals surface area contributed by atoms with E-state index in [1.54, 1.807) is 36.5 Å². The van der Waals surface area contributed by atoms with Crippen molar-refractivity contribution in [3.05, 3.63) is 52.2 Å². The van der Waals surface area contributed by atoms with E-state index in [2.05, 4.69) is 0 Å². The fraction of sp³-hybridized carbons (Fsp3) is 0.353. The molecule has 0 spiro atoms. The number of aryl methyl sites for hydroxylation is 1. The summed E-state index contributed by atoms with van der Waals surface area (Å²) in [5, 5.41) is 12.3. The average Bonchev–Trinajstić information content (AvgIpc) is 3.05. The van der Waals surface area contributed by atoms with Gasteiger partial charge in [-0.05, 0) is 35.6 Å². The molecule has 4 nitrogen and oxygen atoms in total. The van der Waals surface area contributed by atoms with Gasteiger partial charge in [-0.1, -0.05) is 18.2 Å². The standard InChI is InChI=1S/C17H21NO3S/c1-18(17(20)9-8-15-7-4-10-22-15)12-16(19)13-5-3-6-14(11-13)21-2/h3-7,10-11,16,19H,8-9,12H2,1-2H3. The third kappa shape index (κ3) is 4.58. The Morgan fingerprint density at radius 2 is 2.18 bits per heavy atom. The van der Waals surface area contributed by atoms with E-state index < -0.39 is 6.10 Å². The second-order valence-electron chi connectivity index (χ2n) is 5.15. The topological polar surface area (TPSA) is 49.8 Å². The maximum Gasteiger partial charge on any atom is 0.222 e. The Kier molecular flexibility index (Phi) is 5.98. The fourth-order valence-electron chi connectivity index (χ4n) is 2.19. The summed E-state index contributed by atoms with van der Waals surface area (Å²) >= 11 is 1.66. The molecule has 1 aromatic heterocycles. The van der Waals surface area contributed by atoms with Crippen LogP contribution in [0, 0.1) is 0 Å². The SMILES string of the molecule is COc1cccc(C(O)CN(C)C(=O)CCc2cccs2)c1. The molecule has 0 saturated heterocycles. The van der Waals surface area contributed by atoms with Gasteiger partial charge in [0.05, 0.1) is 19.8 Å². The molecule has 0 bridgehead atoms. The third-order valence-electron chi connectivity index (χ3n) is 3.52. The van der Waals surface area contributed by atoms with Crippen LogP contribution in [0.5, 0.6) is 5.75 Å². The van der Waals surface area contributed by atoms with Crippen LogP contribution < -0.4 is 4.74 Å². The Labute approximate surface area is 135 Å². The summed E-state index contributed by atoms with van der Waals surface area (Å²) < 4.78 is 5.15. The number of thiophene rings is 1. The summed E-state index contributed by atoms with van der Waals surface area (Å²) in [6, 6.07) is 11.3. The quantitative estimate of drug-likeness (QED) is 0.854. The van der Waals surface area contributed by atoms with Crippen LogP contribution in [0.3, 0.4) is 0 Å². The molecule has 22 heavy (non-hydrogen) atoms. The number of rotatable bonds is 7. The van der Waals surface area contributed by atoms with E-state index in [4.69, 9.17) is 4.74 Å². The lowest BCUT2D eigenvalue weighted by Crippen LogP contribution is -2.31. The van der Waals surface area contributed by atoms with Gasteiger partial charge in [-0.15, -0.1) is 11.3 Å². The number of aliphatic hydroxyl groups excluding tert-OH is 1. The summed E-state index contributed by atoms with van der Waals surface area (Å²) in [7, 11) is 3.31. The van der Waals surface area contributed by atoms with Crippen LogP contribution in [-0.4, -0.2) is 36.6 Å². The van der Waals surface area contributed by atoms with Crippen LogP contribution in [-0.2, 0) is 11.2 Å². The molecule has 0 fully saturated rings. The zero-order valence-corrected chi connectivity index (χ0v) is 13.7.